The fourth-order valence-electron chi connectivity index (χ4n) is 4.76. The normalized spacial score (nSPS) is 20.0. The van der Waals surface area contributed by atoms with E-state index in [4.69, 9.17) is 4.42 Å². The summed E-state index contributed by atoms with van der Waals surface area (Å²) in [5, 5.41) is 3.58. The molecule has 2 heterocycles. The highest BCUT2D eigenvalue weighted by molar-refractivity contribution is 6.01. The van der Waals surface area contributed by atoms with Gasteiger partial charge in [0.2, 0.25) is 0 Å². The second-order valence-electron chi connectivity index (χ2n) is 9.15. The summed E-state index contributed by atoms with van der Waals surface area (Å²) in [5.74, 6) is 0.595. The van der Waals surface area contributed by atoms with Crippen molar-refractivity contribution in [2.75, 3.05) is 10.2 Å². The predicted molar refractivity (Wildman–Crippen MR) is 119 cm³/mol. The van der Waals surface area contributed by atoms with E-state index in [2.05, 4.69) is 30.1 Å². The molecular weight excluding hydrogens is 391 g/mol. The van der Waals surface area contributed by atoms with Crippen LogP contribution in [-0.4, -0.2) is 5.78 Å². The Labute approximate surface area is 181 Å². The van der Waals surface area contributed by atoms with Gasteiger partial charge < -0.3 is 14.6 Å². The summed E-state index contributed by atoms with van der Waals surface area (Å²) < 4.78 is 19.4. The SMILES string of the molecule is CC1(C)CC(=O)C2=C(C1)Nc1ccccc1N(Cc1ccc(F)cc1)[C@H]2c1ccco1. The molecule has 0 spiro atoms. The first-order valence-corrected chi connectivity index (χ1v) is 10.6. The number of halogens is 1. The number of nitrogens with one attached hydrogen (secondary N) is 1. The summed E-state index contributed by atoms with van der Waals surface area (Å²) in [4.78, 5) is 15.7. The number of hydrogen-bond acceptors (Lipinski definition) is 4. The monoisotopic (exact) mass is 416 g/mol. The molecule has 1 aliphatic carbocycles. The van der Waals surface area contributed by atoms with Gasteiger partial charge in [-0.05, 0) is 53.8 Å². The first-order chi connectivity index (χ1) is 14.9. The predicted octanol–water partition coefficient (Wildman–Crippen LogP) is 6.24. The summed E-state index contributed by atoms with van der Waals surface area (Å²) in [6.07, 6.45) is 2.92. The van der Waals surface area contributed by atoms with Gasteiger partial charge in [-0.1, -0.05) is 38.1 Å². The molecule has 1 N–H and O–H groups in total. The fraction of sp³-hybridized carbons (Fsp3) is 0.269. The third-order valence-electron chi connectivity index (χ3n) is 6.08. The van der Waals surface area contributed by atoms with Crippen molar-refractivity contribution in [3.8, 4) is 0 Å². The number of Topliss-reactive ketones (excluding diaryl/α,β-unsaturated/α-hetero) is 1. The topological polar surface area (TPSA) is 45.5 Å². The molecule has 1 aliphatic heterocycles. The Hall–Kier alpha value is -3.34. The molecule has 31 heavy (non-hydrogen) atoms. The van der Waals surface area contributed by atoms with E-state index >= 15 is 0 Å². The van der Waals surface area contributed by atoms with E-state index < -0.39 is 0 Å². The summed E-state index contributed by atoms with van der Waals surface area (Å²) in [6, 6.07) is 18.0. The van der Waals surface area contributed by atoms with E-state index in [1.54, 1.807) is 18.4 Å². The van der Waals surface area contributed by atoms with Gasteiger partial charge in [0.15, 0.2) is 5.78 Å². The minimum absolute atomic E-state index is 0.113. The van der Waals surface area contributed by atoms with E-state index in [0.29, 0.717) is 13.0 Å². The van der Waals surface area contributed by atoms with Gasteiger partial charge in [-0.25, -0.2) is 4.39 Å². The van der Waals surface area contributed by atoms with Crippen molar-refractivity contribution in [2.45, 2.75) is 39.3 Å². The lowest BCUT2D eigenvalue weighted by atomic mass is 9.74. The third-order valence-corrected chi connectivity index (χ3v) is 6.08. The van der Waals surface area contributed by atoms with Crippen LogP contribution in [0.25, 0.3) is 0 Å². The molecular formula is C26H25FN2O2. The van der Waals surface area contributed by atoms with Crippen LogP contribution in [0.1, 0.15) is 44.1 Å². The quantitative estimate of drug-likeness (QED) is 0.549. The Bertz CT molecular complexity index is 1150. The molecule has 0 saturated carbocycles. The van der Waals surface area contributed by atoms with Crippen molar-refractivity contribution in [3.05, 3.63) is 95.3 Å². The minimum atomic E-state index is -0.366. The van der Waals surface area contributed by atoms with Gasteiger partial charge in [-0.2, -0.15) is 0 Å². The van der Waals surface area contributed by atoms with Crippen molar-refractivity contribution < 1.29 is 13.6 Å². The molecule has 5 heteroatoms. The first kappa shape index (κ1) is 19.6. The summed E-state index contributed by atoms with van der Waals surface area (Å²) >= 11 is 0. The smallest absolute Gasteiger partial charge is 0.163 e. The standard InChI is InChI=1S/C26H25FN2O2/c1-26(2)14-20-24(22(30)15-26)25(23-8-5-13-31-23)29(16-17-9-11-18(27)12-10-17)21-7-4-3-6-19(21)28-20/h3-13,25,28H,14-16H2,1-2H3/t25-/m0/s1. The second kappa shape index (κ2) is 7.41. The van der Waals surface area contributed by atoms with E-state index in [9.17, 15) is 9.18 Å². The number of allylic oxidation sites excluding steroid dienone is 1. The van der Waals surface area contributed by atoms with Gasteiger partial charge in [0, 0.05) is 24.2 Å². The van der Waals surface area contributed by atoms with E-state index in [0.717, 1.165) is 40.4 Å². The molecule has 0 amide bonds. The van der Waals surface area contributed by atoms with Crippen LogP contribution in [0.2, 0.25) is 0 Å². The Balaban J connectivity index is 1.71. The van der Waals surface area contributed by atoms with Gasteiger partial charge in [0.05, 0.1) is 17.6 Å². The zero-order chi connectivity index (χ0) is 21.6. The first-order valence-electron chi connectivity index (χ1n) is 10.6. The molecule has 0 unspecified atom stereocenters. The van der Waals surface area contributed by atoms with E-state index in [-0.39, 0.29) is 23.1 Å². The minimum Gasteiger partial charge on any atom is -0.467 e. The van der Waals surface area contributed by atoms with E-state index in [1.807, 2.05) is 30.3 Å². The molecule has 5 rings (SSSR count). The van der Waals surface area contributed by atoms with Crippen molar-refractivity contribution >= 4 is 17.2 Å². The highest BCUT2D eigenvalue weighted by Crippen LogP contribution is 2.48. The number of anilines is 2. The van der Waals surface area contributed by atoms with Crippen LogP contribution < -0.4 is 10.2 Å². The van der Waals surface area contributed by atoms with Gasteiger partial charge >= 0.3 is 0 Å². The van der Waals surface area contributed by atoms with Crippen LogP contribution in [0.5, 0.6) is 0 Å². The van der Waals surface area contributed by atoms with Gasteiger partial charge in [-0.3, -0.25) is 4.79 Å². The average Bonchev–Trinajstić information content (AvgIpc) is 3.21. The molecule has 0 saturated heterocycles. The van der Waals surface area contributed by atoms with Crippen LogP contribution in [0, 0.1) is 11.2 Å². The number of ketones is 1. The van der Waals surface area contributed by atoms with Gasteiger partial charge in [0.1, 0.15) is 17.6 Å². The van der Waals surface area contributed by atoms with E-state index in [1.165, 1.54) is 12.1 Å². The van der Waals surface area contributed by atoms with Crippen molar-refractivity contribution in [2.24, 2.45) is 5.41 Å². The van der Waals surface area contributed by atoms with Crippen molar-refractivity contribution in [1.29, 1.82) is 0 Å². The second-order valence-corrected chi connectivity index (χ2v) is 9.15. The lowest BCUT2D eigenvalue weighted by Gasteiger charge is -2.37. The fourth-order valence-corrected chi connectivity index (χ4v) is 4.76. The number of carbonyl (C=O) groups excluding carboxylic acids is 1. The maximum atomic E-state index is 13.5. The Morgan fingerprint density at radius 1 is 1.06 bits per heavy atom. The zero-order valence-electron chi connectivity index (χ0n) is 17.7. The van der Waals surface area contributed by atoms with Crippen molar-refractivity contribution in [1.82, 2.24) is 0 Å². The largest absolute Gasteiger partial charge is 0.467 e. The molecule has 158 valence electrons. The lowest BCUT2D eigenvalue weighted by Crippen LogP contribution is -2.35. The Morgan fingerprint density at radius 3 is 2.58 bits per heavy atom. The molecule has 0 radical (unpaired) electrons. The van der Waals surface area contributed by atoms with Crippen LogP contribution in [0.3, 0.4) is 0 Å². The number of carbonyl (C=O) groups is 1. The van der Waals surface area contributed by atoms with Crippen LogP contribution in [0.15, 0.2) is 82.6 Å². The Kier molecular flexibility index (Phi) is 4.69. The number of hydrogen-bond donors (Lipinski definition) is 1. The van der Waals surface area contributed by atoms with Crippen LogP contribution in [-0.2, 0) is 11.3 Å². The van der Waals surface area contributed by atoms with Crippen LogP contribution in [0.4, 0.5) is 15.8 Å². The number of furan rings is 1. The summed E-state index contributed by atoms with van der Waals surface area (Å²) in [6.45, 7) is 4.77. The lowest BCUT2D eigenvalue weighted by molar-refractivity contribution is -0.118. The van der Waals surface area contributed by atoms with Gasteiger partial charge in [0.25, 0.3) is 0 Å². The highest BCUT2D eigenvalue weighted by atomic mass is 19.1. The molecule has 2 aliphatic rings. The molecule has 4 nitrogen and oxygen atoms in total. The highest BCUT2D eigenvalue weighted by Gasteiger charge is 2.42. The molecule has 1 aromatic heterocycles. The van der Waals surface area contributed by atoms with Crippen molar-refractivity contribution in [3.63, 3.8) is 0 Å². The van der Waals surface area contributed by atoms with Gasteiger partial charge in [-0.15, -0.1) is 0 Å². The maximum absolute atomic E-state index is 13.5. The molecule has 1 atom stereocenters. The van der Waals surface area contributed by atoms with Crippen LogP contribution >= 0.6 is 0 Å². The number of rotatable bonds is 3. The maximum Gasteiger partial charge on any atom is 0.163 e. The molecule has 0 fully saturated rings. The third kappa shape index (κ3) is 3.65. The molecule has 2 aromatic carbocycles. The number of para-hydroxylation sites is 2. The average molecular weight is 416 g/mol. The Morgan fingerprint density at radius 2 is 1.84 bits per heavy atom. The summed E-state index contributed by atoms with van der Waals surface area (Å²) in [5.41, 5.74) is 4.49. The zero-order valence-corrected chi connectivity index (χ0v) is 17.7. The molecule has 0 bridgehead atoms. The summed E-state index contributed by atoms with van der Waals surface area (Å²) in [7, 11) is 0. The number of fused-ring (bicyclic) bond motifs is 1. The number of benzene rings is 2. The number of nitrogens with zero attached hydrogens (tertiary/aromatic N) is 1. The molecule has 3 aromatic rings.